The second-order valence-electron chi connectivity index (χ2n) is 5.85. The Morgan fingerprint density at radius 1 is 1.16 bits per heavy atom. The van der Waals surface area contributed by atoms with E-state index in [9.17, 15) is 4.79 Å². The number of hydrogen-bond donors (Lipinski definition) is 1. The molecule has 0 aliphatic carbocycles. The molecule has 1 aromatic carbocycles. The molecule has 3 aromatic rings. The molecule has 0 radical (unpaired) electrons. The molecule has 0 aliphatic rings. The predicted octanol–water partition coefficient (Wildman–Crippen LogP) is 3.85. The molecule has 0 saturated heterocycles. The average molecular weight is 338 g/mol. The van der Waals surface area contributed by atoms with Gasteiger partial charge in [-0.25, -0.2) is 9.67 Å². The Balaban J connectivity index is 2.00. The number of rotatable bonds is 5. The standard InChI is InChI=1S/C19H22N4O2/c1-5-15-12(3)18(23(22-15)14-10-8-7-9-11-14)21-19(24)17-13(4)20-16(6-2)25-17/h7-11H,5-6H2,1-4H3,(H,21,24). The van der Waals surface area contributed by atoms with Gasteiger partial charge in [0.15, 0.2) is 5.89 Å². The van der Waals surface area contributed by atoms with Gasteiger partial charge < -0.3 is 9.73 Å². The van der Waals surface area contributed by atoms with Crippen LogP contribution in [0.5, 0.6) is 0 Å². The third kappa shape index (κ3) is 3.20. The van der Waals surface area contributed by atoms with Crippen LogP contribution < -0.4 is 5.32 Å². The van der Waals surface area contributed by atoms with Gasteiger partial charge in [-0.3, -0.25) is 4.79 Å². The summed E-state index contributed by atoms with van der Waals surface area (Å²) in [5, 5.41) is 7.60. The number of carbonyl (C=O) groups is 1. The van der Waals surface area contributed by atoms with Gasteiger partial charge in [0.25, 0.3) is 5.91 Å². The monoisotopic (exact) mass is 338 g/mol. The summed E-state index contributed by atoms with van der Waals surface area (Å²) in [6, 6.07) is 9.74. The SMILES string of the molecule is CCc1nc(C)c(C(=O)Nc2c(C)c(CC)nn2-c2ccccc2)o1. The molecule has 2 heterocycles. The first-order valence-electron chi connectivity index (χ1n) is 8.46. The zero-order chi connectivity index (χ0) is 18.0. The van der Waals surface area contributed by atoms with Gasteiger partial charge in [-0.05, 0) is 32.4 Å². The van der Waals surface area contributed by atoms with E-state index in [2.05, 4.69) is 15.4 Å². The maximum Gasteiger partial charge on any atom is 0.294 e. The zero-order valence-electron chi connectivity index (χ0n) is 15.0. The lowest BCUT2D eigenvalue weighted by molar-refractivity contribution is 0.0993. The molecule has 0 bridgehead atoms. The van der Waals surface area contributed by atoms with Crippen LogP contribution in [0, 0.1) is 13.8 Å². The number of nitrogens with zero attached hydrogens (tertiary/aromatic N) is 3. The van der Waals surface area contributed by atoms with E-state index in [-0.39, 0.29) is 11.7 Å². The minimum atomic E-state index is -0.312. The van der Waals surface area contributed by atoms with E-state index in [0.717, 1.165) is 23.4 Å². The van der Waals surface area contributed by atoms with Crippen molar-refractivity contribution < 1.29 is 9.21 Å². The number of para-hydroxylation sites is 1. The topological polar surface area (TPSA) is 73.0 Å². The van der Waals surface area contributed by atoms with Crippen molar-refractivity contribution in [2.24, 2.45) is 0 Å². The molecule has 130 valence electrons. The summed E-state index contributed by atoms with van der Waals surface area (Å²) < 4.78 is 7.33. The lowest BCUT2D eigenvalue weighted by atomic mass is 10.2. The van der Waals surface area contributed by atoms with Crippen molar-refractivity contribution in [1.82, 2.24) is 14.8 Å². The summed E-state index contributed by atoms with van der Waals surface area (Å²) in [7, 11) is 0. The quantitative estimate of drug-likeness (QED) is 0.767. The maximum atomic E-state index is 12.7. The van der Waals surface area contributed by atoms with Crippen molar-refractivity contribution in [2.75, 3.05) is 5.32 Å². The van der Waals surface area contributed by atoms with Crippen LogP contribution in [0.4, 0.5) is 5.82 Å². The number of nitrogens with one attached hydrogen (secondary N) is 1. The van der Waals surface area contributed by atoms with E-state index in [1.54, 1.807) is 11.6 Å². The lowest BCUT2D eigenvalue weighted by Gasteiger charge is -2.09. The molecule has 6 nitrogen and oxygen atoms in total. The molecule has 0 atom stereocenters. The minimum Gasteiger partial charge on any atom is -0.435 e. The van der Waals surface area contributed by atoms with Crippen LogP contribution in [0.15, 0.2) is 34.7 Å². The molecular weight excluding hydrogens is 316 g/mol. The fourth-order valence-corrected chi connectivity index (χ4v) is 2.76. The molecule has 0 unspecified atom stereocenters. The van der Waals surface area contributed by atoms with E-state index in [4.69, 9.17) is 4.42 Å². The van der Waals surface area contributed by atoms with Crippen molar-refractivity contribution in [1.29, 1.82) is 0 Å². The Bertz CT molecular complexity index is 894. The molecule has 6 heteroatoms. The van der Waals surface area contributed by atoms with Gasteiger partial charge in [0, 0.05) is 12.0 Å². The van der Waals surface area contributed by atoms with Gasteiger partial charge >= 0.3 is 0 Å². The van der Waals surface area contributed by atoms with Crippen LogP contribution in [-0.2, 0) is 12.8 Å². The highest BCUT2D eigenvalue weighted by molar-refractivity contribution is 6.03. The number of aryl methyl sites for hydroxylation is 3. The number of amides is 1. The fraction of sp³-hybridized carbons (Fsp3) is 0.316. The number of hydrogen-bond acceptors (Lipinski definition) is 4. The third-order valence-corrected chi connectivity index (χ3v) is 4.14. The summed E-state index contributed by atoms with van der Waals surface area (Å²) in [6.07, 6.45) is 1.44. The maximum absolute atomic E-state index is 12.7. The Hall–Kier alpha value is -2.89. The van der Waals surface area contributed by atoms with Crippen LogP contribution >= 0.6 is 0 Å². The smallest absolute Gasteiger partial charge is 0.294 e. The van der Waals surface area contributed by atoms with Crippen LogP contribution in [0.1, 0.15) is 47.2 Å². The molecule has 0 saturated carbocycles. The van der Waals surface area contributed by atoms with Gasteiger partial charge in [0.05, 0.1) is 17.1 Å². The highest BCUT2D eigenvalue weighted by atomic mass is 16.4. The van der Waals surface area contributed by atoms with Gasteiger partial charge in [-0.1, -0.05) is 32.0 Å². The van der Waals surface area contributed by atoms with Crippen LogP contribution in [-0.4, -0.2) is 20.7 Å². The van der Waals surface area contributed by atoms with Crippen molar-refractivity contribution >= 4 is 11.7 Å². The summed E-state index contributed by atoms with van der Waals surface area (Å²) in [6.45, 7) is 7.72. The fourth-order valence-electron chi connectivity index (χ4n) is 2.76. The Labute approximate surface area is 146 Å². The van der Waals surface area contributed by atoms with Gasteiger partial charge in [0.2, 0.25) is 5.76 Å². The lowest BCUT2D eigenvalue weighted by Crippen LogP contribution is -2.16. The molecule has 0 spiro atoms. The number of anilines is 1. The number of benzene rings is 1. The molecule has 2 aromatic heterocycles. The third-order valence-electron chi connectivity index (χ3n) is 4.14. The number of oxazole rings is 1. The molecule has 1 N–H and O–H groups in total. The van der Waals surface area contributed by atoms with Gasteiger partial charge in [-0.2, -0.15) is 5.10 Å². The summed E-state index contributed by atoms with van der Waals surface area (Å²) in [5.41, 5.74) is 3.38. The highest BCUT2D eigenvalue weighted by Crippen LogP contribution is 2.24. The average Bonchev–Trinajstić information content (AvgIpc) is 3.16. The number of aromatic nitrogens is 3. The Kier molecular flexibility index (Phi) is 4.70. The largest absolute Gasteiger partial charge is 0.435 e. The minimum absolute atomic E-state index is 0.245. The summed E-state index contributed by atoms with van der Waals surface area (Å²) in [4.78, 5) is 17.0. The first kappa shape index (κ1) is 17.0. The van der Waals surface area contributed by atoms with Crippen molar-refractivity contribution in [2.45, 2.75) is 40.5 Å². The van der Waals surface area contributed by atoms with Crippen molar-refractivity contribution in [3.8, 4) is 5.69 Å². The normalized spacial score (nSPS) is 10.9. The highest BCUT2D eigenvalue weighted by Gasteiger charge is 2.21. The summed E-state index contributed by atoms with van der Waals surface area (Å²) in [5.74, 6) is 1.15. The predicted molar refractivity (Wildman–Crippen MR) is 96.3 cm³/mol. The molecular formula is C19H22N4O2. The molecule has 0 aliphatic heterocycles. The summed E-state index contributed by atoms with van der Waals surface area (Å²) >= 11 is 0. The van der Waals surface area contributed by atoms with E-state index < -0.39 is 0 Å². The molecule has 25 heavy (non-hydrogen) atoms. The second kappa shape index (κ2) is 6.93. The number of carbonyl (C=O) groups excluding carboxylic acids is 1. The van der Waals surface area contributed by atoms with E-state index in [1.807, 2.05) is 51.1 Å². The first-order valence-corrected chi connectivity index (χ1v) is 8.46. The molecule has 3 rings (SSSR count). The van der Waals surface area contributed by atoms with Crippen molar-refractivity contribution in [3.05, 3.63) is 58.9 Å². The molecule has 1 amide bonds. The molecule has 0 fully saturated rings. The van der Waals surface area contributed by atoms with Crippen LogP contribution in [0.3, 0.4) is 0 Å². The van der Waals surface area contributed by atoms with Crippen LogP contribution in [0.25, 0.3) is 5.69 Å². The van der Waals surface area contributed by atoms with Gasteiger partial charge in [-0.15, -0.1) is 0 Å². The van der Waals surface area contributed by atoms with Crippen molar-refractivity contribution in [3.63, 3.8) is 0 Å². The Morgan fingerprint density at radius 2 is 1.88 bits per heavy atom. The Morgan fingerprint density at radius 3 is 2.48 bits per heavy atom. The van der Waals surface area contributed by atoms with E-state index in [0.29, 0.717) is 23.8 Å². The van der Waals surface area contributed by atoms with E-state index in [1.165, 1.54) is 0 Å². The zero-order valence-corrected chi connectivity index (χ0v) is 15.0. The van der Waals surface area contributed by atoms with Crippen LogP contribution in [0.2, 0.25) is 0 Å². The van der Waals surface area contributed by atoms with E-state index >= 15 is 0 Å². The van der Waals surface area contributed by atoms with Gasteiger partial charge in [0.1, 0.15) is 5.82 Å². The second-order valence-corrected chi connectivity index (χ2v) is 5.85. The first-order chi connectivity index (χ1) is 12.0.